The van der Waals surface area contributed by atoms with Crippen LogP contribution in [0.3, 0.4) is 0 Å². The Balaban J connectivity index is 2.98. The van der Waals surface area contributed by atoms with E-state index < -0.39 is 5.82 Å². The minimum Gasteiger partial charge on any atom is -0.233 e. The quantitative estimate of drug-likeness (QED) is 0.688. The molecule has 0 saturated carbocycles. The van der Waals surface area contributed by atoms with Crippen LogP contribution in [0.2, 0.25) is 5.15 Å². The summed E-state index contributed by atoms with van der Waals surface area (Å²) in [6.45, 7) is 1.79. The predicted octanol–water partition coefficient (Wildman–Crippen LogP) is 3.49. The summed E-state index contributed by atoms with van der Waals surface area (Å²) in [5.41, 5.74) is 1.01. The molecule has 0 radical (unpaired) electrons. The van der Waals surface area contributed by atoms with Crippen LogP contribution in [0.15, 0.2) is 16.9 Å². The van der Waals surface area contributed by atoms with Gasteiger partial charge >= 0.3 is 0 Å². The zero-order valence-electron chi connectivity index (χ0n) is 7.18. The summed E-state index contributed by atoms with van der Waals surface area (Å²) >= 11 is 8.97. The number of aromatic nitrogens is 2. The van der Waals surface area contributed by atoms with Crippen molar-refractivity contribution in [1.29, 1.82) is 0 Å². The van der Waals surface area contributed by atoms with Crippen molar-refractivity contribution in [2.24, 2.45) is 0 Å². The molecule has 1 aromatic carbocycles. The molecule has 0 aliphatic carbocycles. The zero-order valence-corrected chi connectivity index (χ0v) is 9.52. The molecule has 0 N–H and O–H groups in total. The fourth-order valence-electron chi connectivity index (χ4n) is 1.23. The molecular formula is C9H5BrClFN2. The third kappa shape index (κ3) is 1.38. The highest BCUT2D eigenvalue weighted by atomic mass is 79.9. The fraction of sp³-hybridized carbons (Fsp3) is 0.111. The standard InChI is InChI=1S/C9H5BrClFN2/c1-4-2-5-8(7(12)6(4)10)13-3-14-9(5)11/h2-3H,1H3. The van der Waals surface area contributed by atoms with Gasteiger partial charge in [0, 0.05) is 5.39 Å². The molecule has 72 valence electrons. The summed E-state index contributed by atoms with van der Waals surface area (Å²) in [4.78, 5) is 7.63. The third-order valence-electron chi connectivity index (χ3n) is 1.94. The Morgan fingerprint density at radius 1 is 1.43 bits per heavy atom. The molecule has 2 nitrogen and oxygen atoms in total. The first-order valence-corrected chi connectivity index (χ1v) is 5.03. The van der Waals surface area contributed by atoms with Crippen molar-refractivity contribution in [3.05, 3.63) is 33.4 Å². The van der Waals surface area contributed by atoms with E-state index in [1.165, 1.54) is 6.33 Å². The smallest absolute Gasteiger partial charge is 0.164 e. The SMILES string of the molecule is Cc1cc2c(Cl)ncnc2c(F)c1Br. The Morgan fingerprint density at radius 3 is 2.86 bits per heavy atom. The van der Waals surface area contributed by atoms with E-state index >= 15 is 0 Å². The molecule has 0 fully saturated rings. The third-order valence-corrected chi connectivity index (χ3v) is 3.22. The number of fused-ring (bicyclic) bond motifs is 1. The van der Waals surface area contributed by atoms with Crippen molar-refractivity contribution in [3.8, 4) is 0 Å². The Bertz CT molecular complexity index is 516. The van der Waals surface area contributed by atoms with Crippen LogP contribution in [0, 0.1) is 12.7 Å². The zero-order chi connectivity index (χ0) is 10.3. The van der Waals surface area contributed by atoms with E-state index in [-0.39, 0.29) is 10.7 Å². The molecule has 1 heterocycles. The molecule has 0 unspecified atom stereocenters. The normalized spacial score (nSPS) is 10.9. The molecule has 0 spiro atoms. The molecule has 0 atom stereocenters. The van der Waals surface area contributed by atoms with Crippen molar-refractivity contribution in [1.82, 2.24) is 9.97 Å². The maximum atomic E-state index is 13.6. The summed E-state index contributed by atoms with van der Waals surface area (Å²) in [6, 6.07) is 1.75. The van der Waals surface area contributed by atoms with E-state index in [0.29, 0.717) is 9.86 Å². The van der Waals surface area contributed by atoms with Crippen LogP contribution < -0.4 is 0 Å². The molecule has 2 aromatic rings. The Labute approximate surface area is 93.3 Å². The van der Waals surface area contributed by atoms with Gasteiger partial charge in [-0.05, 0) is 34.5 Å². The minimum absolute atomic E-state index is 0.238. The van der Waals surface area contributed by atoms with Crippen LogP contribution in [0.1, 0.15) is 5.56 Å². The second-order valence-corrected chi connectivity index (χ2v) is 4.03. The molecule has 1 aromatic heterocycles. The van der Waals surface area contributed by atoms with Crippen molar-refractivity contribution in [2.75, 3.05) is 0 Å². The average molecular weight is 276 g/mol. The number of benzene rings is 1. The average Bonchev–Trinajstić information content (AvgIpc) is 2.17. The van der Waals surface area contributed by atoms with Crippen LogP contribution in [-0.4, -0.2) is 9.97 Å². The summed E-state index contributed by atoms with van der Waals surface area (Å²) in [7, 11) is 0. The lowest BCUT2D eigenvalue weighted by Crippen LogP contribution is -1.91. The van der Waals surface area contributed by atoms with Gasteiger partial charge in [0.05, 0.1) is 4.47 Å². The van der Waals surface area contributed by atoms with Crippen molar-refractivity contribution in [2.45, 2.75) is 6.92 Å². The van der Waals surface area contributed by atoms with Gasteiger partial charge in [0.2, 0.25) is 0 Å². The minimum atomic E-state index is -0.399. The molecule has 0 aliphatic heterocycles. The first-order chi connectivity index (χ1) is 6.61. The van der Waals surface area contributed by atoms with E-state index in [9.17, 15) is 4.39 Å². The number of hydrogen-bond acceptors (Lipinski definition) is 2. The van der Waals surface area contributed by atoms with Crippen molar-refractivity contribution >= 4 is 38.4 Å². The van der Waals surface area contributed by atoms with Gasteiger partial charge in [-0.1, -0.05) is 11.6 Å². The van der Waals surface area contributed by atoms with Crippen molar-refractivity contribution < 1.29 is 4.39 Å². The largest absolute Gasteiger partial charge is 0.233 e. The molecular weight excluding hydrogens is 270 g/mol. The Morgan fingerprint density at radius 2 is 2.14 bits per heavy atom. The lowest BCUT2D eigenvalue weighted by Gasteiger charge is -2.04. The Kier molecular flexibility index (Phi) is 2.41. The first-order valence-electron chi connectivity index (χ1n) is 3.86. The summed E-state index contributed by atoms with van der Waals surface area (Å²) in [5, 5.41) is 0.803. The van der Waals surface area contributed by atoms with Crippen LogP contribution in [-0.2, 0) is 0 Å². The predicted molar refractivity (Wildman–Crippen MR) is 56.9 cm³/mol. The van der Waals surface area contributed by atoms with E-state index in [0.717, 1.165) is 5.56 Å². The lowest BCUT2D eigenvalue weighted by molar-refractivity contribution is 0.628. The maximum Gasteiger partial charge on any atom is 0.164 e. The summed E-state index contributed by atoms with van der Waals surface area (Å²) in [5.74, 6) is -0.399. The number of rotatable bonds is 0. The second kappa shape index (κ2) is 3.44. The number of halogens is 3. The fourth-order valence-corrected chi connectivity index (χ4v) is 1.72. The highest BCUT2D eigenvalue weighted by Crippen LogP contribution is 2.29. The van der Waals surface area contributed by atoms with Gasteiger partial charge in [-0.15, -0.1) is 0 Å². The number of hydrogen-bond donors (Lipinski definition) is 0. The van der Waals surface area contributed by atoms with Gasteiger partial charge < -0.3 is 0 Å². The summed E-state index contributed by atoms with van der Waals surface area (Å²) < 4.78 is 14.1. The summed E-state index contributed by atoms with van der Waals surface area (Å²) in [6.07, 6.45) is 1.25. The molecule has 0 aliphatic rings. The monoisotopic (exact) mass is 274 g/mol. The molecule has 14 heavy (non-hydrogen) atoms. The van der Waals surface area contributed by atoms with Gasteiger partial charge in [-0.25, -0.2) is 14.4 Å². The van der Waals surface area contributed by atoms with Gasteiger partial charge in [-0.2, -0.15) is 0 Å². The topological polar surface area (TPSA) is 25.8 Å². The van der Waals surface area contributed by atoms with Crippen LogP contribution in [0.25, 0.3) is 10.9 Å². The maximum absolute atomic E-state index is 13.6. The van der Waals surface area contributed by atoms with Crippen LogP contribution in [0.5, 0.6) is 0 Å². The highest BCUT2D eigenvalue weighted by Gasteiger charge is 2.12. The van der Waals surface area contributed by atoms with E-state index in [4.69, 9.17) is 11.6 Å². The van der Waals surface area contributed by atoms with Crippen LogP contribution in [0.4, 0.5) is 4.39 Å². The van der Waals surface area contributed by atoms with Gasteiger partial charge in [-0.3, -0.25) is 0 Å². The second-order valence-electron chi connectivity index (χ2n) is 2.88. The van der Waals surface area contributed by atoms with Crippen molar-refractivity contribution in [3.63, 3.8) is 0 Å². The lowest BCUT2D eigenvalue weighted by atomic mass is 10.1. The van der Waals surface area contributed by atoms with Gasteiger partial charge in [0.25, 0.3) is 0 Å². The van der Waals surface area contributed by atoms with E-state index in [1.54, 1.807) is 13.0 Å². The molecule has 0 saturated heterocycles. The molecule has 2 rings (SSSR count). The number of nitrogens with zero attached hydrogens (tertiary/aromatic N) is 2. The van der Waals surface area contributed by atoms with E-state index in [2.05, 4.69) is 25.9 Å². The number of aryl methyl sites for hydroxylation is 1. The molecule has 0 bridgehead atoms. The molecule has 5 heteroatoms. The van der Waals surface area contributed by atoms with Crippen LogP contribution >= 0.6 is 27.5 Å². The highest BCUT2D eigenvalue weighted by molar-refractivity contribution is 9.10. The van der Waals surface area contributed by atoms with Gasteiger partial charge in [0.15, 0.2) is 5.82 Å². The molecule has 0 amide bonds. The van der Waals surface area contributed by atoms with Gasteiger partial charge in [0.1, 0.15) is 17.0 Å². The Hall–Kier alpha value is -0.740. The first kappa shape index (κ1) is 9.80. The van der Waals surface area contributed by atoms with E-state index in [1.807, 2.05) is 0 Å².